The van der Waals surface area contributed by atoms with E-state index in [1.165, 1.54) is 0 Å². The van der Waals surface area contributed by atoms with Crippen LogP contribution < -0.4 is 0 Å². The van der Waals surface area contributed by atoms with Gasteiger partial charge in [0.25, 0.3) is 0 Å². The summed E-state index contributed by atoms with van der Waals surface area (Å²) in [5, 5.41) is 8.70. The summed E-state index contributed by atoms with van der Waals surface area (Å²) in [6.45, 7) is 1.64. The van der Waals surface area contributed by atoms with Crippen LogP contribution in [0, 0.1) is 0 Å². The lowest BCUT2D eigenvalue weighted by Crippen LogP contribution is -2.12. The molecule has 0 spiro atoms. The maximum atomic E-state index is 11.4. The summed E-state index contributed by atoms with van der Waals surface area (Å²) in [5.74, 6) is -0.264. The predicted octanol–water partition coefficient (Wildman–Crippen LogP) is 2.01. The molecule has 62 valence electrons. The summed E-state index contributed by atoms with van der Waals surface area (Å²) in [6, 6.07) is 0. The van der Waals surface area contributed by atoms with Gasteiger partial charge in [-0.05, 0) is 18.2 Å². The smallest absolute Gasteiger partial charge is 0.392 e. The molecule has 0 saturated carbocycles. The van der Waals surface area contributed by atoms with Crippen molar-refractivity contribution in [3.05, 3.63) is 0 Å². The summed E-state index contributed by atoms with van der Waals surface area (Å²) in [7, 11) is 0. The van der Waals surface area contributed by atoms with Crippen LogP contribution >= 0.6 is 11.8 Å². The van der Waals surface area contributed by atoms with E-state index < -0.39 is 11.6 Å². The van der Waals surface area contributed by atoms with Gasteiger partial charge in [0, 0.05) is 5.75 Å². The van der Waals surface area contributed by atoms with Crippen LogP contribution in [0.15, 0.2) is 0 Å². The van der Waals surface area contributed by atoms with Crippen molar-refractivity contribution in [2.45, 2.75) is 25.0 Å². The average Bonchev–Trinajstić information content (AvgIpc) is 1.81. The van der Waals surface area contributed by atoms with E-state index in [9.17, 15) is 13.2 Å². The molecule has 1 N–H and O–H groups in total. The second kappa shape index (κ2) is 4.08. The minimum absolute atomic E-state index is 0.184. The van der Waals surface area contributed by atoms with Crippen molar-refractivity contribution in [2.24, 2.45) is 0 Å². The molecule has 10 heavy (non-hydrogen) atoms. The standard InChI is InChI=1S/C5H9F3OS/c1-2-4(9)3-10-5(6,7)8/h4,9H,2-3H2,1H3. The molecule has 1 nitrogen and oxygen atoms in total. The third kappa shape index (κ3) is 6.22. The molecular formula is C5H9F3OS. The van der Waals surface area contributed by atoms with E-state index >= 15 is 0 Å². The van der Waals surface area contributed by atoms with Crippen molar-refractivity contribution in [2.75, 3.05) is 5.75 Å². The van der Waals surface area contributed by atoms with Crippen LogP contribution in [0.3, 0.4) is 0 Å². The first kappa shape index (κ1) is 10.1. The molecule has 0 aliphatic carbocycles. The summed E-state index contributed by atoms with van der Waals surface area (Å²) in [6.07, 6.45) is -0.477. The molecule has 0 rings (SSSR count). The fourth-order valence-electron chi connectivity index (χ4n) is 0.309. The van der Waals surface area contributed by atoms with Crippen LogP contribution in [0.4, 0.5) is 13.2 Å². The summed E-state index contributed by atoms with van der Waals surface area (Å²) in [5.41, 5.74) is -4.21. The number of aliphatic hydroxyl groups is 1. The van der Waals surface area contributed by atoms with Gasteiger partial charge >= 0.3 is 5.51 Å². The minimum Gasteiger partial charge on any atom is -0.392 e. The molecule has 0 saturated heterocycles. The maximum absolute atomic E-state index is 11.4. The Morgan fingerprint density at radius 2 is 2.00 bits per heavy atom. The number of alkyl halides is 3. The number of rotatable bonds is 3. The van der Waals surface area contributed by atoms with Gasteiger partial charge in [0.2, 0.25) is 0 Å². The number of hydrogen-bond donors (Lipinski definition) is 1. The van der Waals surface area contributed by atoms with Gasteiger partial charge in [-0.2, -0.15) is 13.2 Å². The van der Waals surface area contributed by atoms with Gasteiger partial charge < -0.3 is 5.11 Å². The van der Waals surface area contributed by atoms with E-state index in [0.29, 0.717) is 6.42 Å². The SMILES string of the molecule is CCC(O)CSC(F)(F)F. The normalized spacial score (nSPS) is 15.3. The van der Waals surface area contributed by atoms with E-state index in [1.54, 1.807) is 6.92 Å². The Kier molecular flexibility index (Phi) is 4.12. The summed E-state index contributed by atoms with van der Waals surface area (Å²) >= 11 is -0.184. The molecule has 0 aliphatic rings. The first-order valence-electron chi connectivity index (χ1n) is 2.84. The number of halogens is 3. The molecule has 0 aromatic rings. The summed E-state index contributed by atoms with van der Waals surface area (Å²) in [4.78, 5) is 0. The van der Waals surface area contributed by atoms with E-state index in [0.717, 1.165) is 0 Å². The number of thioether (sulfide) groups is 1. The van der Waals surface area contributed by atoms with Crippen molar-refractivity contribution < 1.29 is 18.3 Å². The zero-order valence-electron chi connectivity index (χ0n) is 5.48. The monoisotopic (exact) mass is 174 g/mol. The first-order chi connectivity index (χ1) is 4.45. The molecule has 5 heteroatoms. The van der Waals surface area contributed by atoms with Crippen LogP contribution in [0.2, 0.25) is 0 Å². The highest BCUT2D eigenvalue weighted by Gasteiger charge is 2.28. The molecule has 0 bridgehead atoms. The Bertz CT molecular complexity index is 93.4. The molecular weight excluding hydrogens is 165 g/mol. The second-order valence-electron chi connectivity index (χ2n) is 1.82. The van der Waals surface area contributed by atoms with Gasteiger partial charge in [-0.25, -0.2) is 0 Å². The number of hydrogen-bond acceptors (Lipinski definition) is 2. The Morgan fingerprint density at radius 3 is 2.30 bits per heavy atom. The Hall–Kier alpha value is 0.100. The van der Waals surface area contributed by atoms with Crippen molar-refractivity contribution in [1.29, 1.82) is 0 Å². The molecule has 0 aromatic heterocycles. The lowest BCUT2D eigenvalue weighted by atomic mass is 10.3. The minimum atomic E-state index is -4.21. The lowest BCUT2D eigenvalue weighted by molar-refractivity contribution is -0.0333. The average molecular weight is 174 g/mol. The largest absolute Gasteiger partial charge is 0.441 e. The topological polar surface area (TPSA) is 20.2 Å². The van der Waals surface area contributed by atoms with Crippen LogP contribution in [0.5, 0.6) is 0 Å². The molecule has 1 unspecified atom stereocenters. The van der Waals surface area contributed by atoms with Crippen molar-refractivity contribution in [3.8, 4) is 0 Å². The van der Waals surface area contributed by atoms with Crippen LogP contribution in [-0.2, 0) is 0 Å². The van der Waals surface area contributed by atoms with Gasteiger partial charge in [-0.15, -0.1) is 0 Å². The maximum Gasteiger partial charge on any atom is 0.441 e. The first-order valence-corrected chi connectivity index (χ1v) is 3.83. The predicted molar refractivity (Wildman–Crippen MR) is 34.8 cm³/mol. The van der Waals surface area contributed by atoms with Gasteiger partial charge in [0.15, 0.2) is 0 Å². The van der Waals surface area contributed by atoms with Crippen LogP contribution in [-0.4, -0.2) is 22.5 Å². The zero-order valence-corrected chi connectivity index (χ0v) is 6.30. The fourth-order valence-corrected chi connectivity index (χ4v) is 0.926. The molecule has 1 atom stereocenters. The van der Waals surface area contributed by atoms with Gasteiger partial charge in [0.05, 0.1) is 6.10 Å². The highest BCUT2D eigenvalue weighted by molar-refractivity contribution is 8.00. The molecule has 0 aliphatic heterocycles. The Morgan fingerprint density at radius 1 is 1.50 bits per heavy atom. The van der Waals surface area contributed by atoms with Gasteiger partial charge in [0.1, 0.15) is 0 Å². The Labute approximate surface area is 61.6 Å². The third-order valence-electron chi connectivity index (χ3n) is 0.911. The van der Waals surface area contributed by atoms with Gasteiger partial charge in [-0.1, -0.05) is 6.92 Å². The molecule has 0 fully saturated rings. The van der Waals surface area contributed by atoms with Crippen molar-refractivity contribution in [1.82, 2.24) is 0 Å². The molecule has 0 heterocycles. The van der Waals surface area contributed by atoms with E-state index in [4.69, 9.17) is 5.11 Å². The summed E-state index contributed by atoms with van der Waals surface area (Å²) < 4.78 is 34.2. The zero-order chi connectivity index (χ0) is 8.20. The molecule has 0 aromatic carbocycles. The van der Waals surface area contributed by atoms with Gasteiger partial charge in [-0.3, -0.25) is 0 Å². The van der Waals surface area contributed by atoms with Crippen LogP contribution in [0.25, 0.3) is 0 Å². The van der Waals surface area contributed by atoms with E-state index in [-0.39, 0.29) is 17.5 Å². The highest BCUT2D eigenvalue weighted by atomic mass is 32.2. The lowest BCUT2D eigenvalue weighted by Gasteiger charge is -2.08. The third-order valence-corrected chi connectivity index (χ3v) is 1.79. The Balaban J connectivity index is 3.36. The molecule has 0 radical (unpaired) electrons. The van der Waals surface area contributed by atoms with Crippen molar-refractivity contribution >= 4 is 11.8 Å². The quantitative estimate of drug-likeness (QED) is 0.706. The fraction of sp³-hybridized carbons (Fsp3) is 1.00. The second-order valence-corrected chi connectivity index (χ2v) is 2.90. The number of aliphatic hydroxyl groups excluding tert-OH is 1. The van der Waals surface area contributed by atoms with Crippen molar-refractivity contribution in [3.63, 3.8) is 0 Å². The van der Waals surface area contributed by atoms with E-state index in [1.807, 2.05) is 0 Å². The highest BCUT2D eigenvalue weighted by Crippen LogP contribution is 2.30. The molecule has 0 amide bonds. The van der Waals surface area contributed by atoms with E-state index in [2.05, 4.69) is 0 Å². The van der Waals surface area contributed by atoms with Crippen LogP contribution in [0.1, 0.15) is 13.3 Å².